The molecule has 0 fully saturated rings. The Bertz CT molecular complexity index is 655. The van der Waals surface area contributed by atoms with Crippen LogP contribution in [0.5, 0.6) is 0 Å². The normalized spacial score (nSPS) is 11.5. The summed E-state index contributed by atoms with van der Waals surface area (Å²) in [5.41, 5.74) is 2.51. The first-order valence-corrected chi connectivity index (χ1v) is 6.28. The number of carbonyl (C=O) groups excluding carboxylic acids is 1. The van der Waals surface area contributed by atoms with Crippen molar-refractivity contribution in [2.45, 2.75) is 26.3 Å². The summed E-state index contributed by atoms with van der Waals surface area (Å²) in [6, 6.07) is 6.14. The molecule has 1 amide bonds. The zero-order chi connectivity index (χ0) is 16.2. The van der Waals surface area contributed by atoms with Crippen LogP contribution in [0.4, 0.5) is 13.2 Å². The van der Waals surface area contributed by atoms with Gasteiger partial charge in [-0.2, -0.15) is 18.3 Å². The van der Waals surface area contributed by atoms with E-state index in [4.69, 9.17) is 4.84 Å². The molecule has 6 nitrogen and oxygen atoms in total. The average Bonchev–Trinajstić information content (AvgIpc) is 2.87. The first kappa shape index (κ1) is 16.0. The Morgan fingerprint density at radius 1 is 1.36 bits per heavy atom. The standard InChI is InChI=1S/C13H13F3N4O2/c1-9-3-2-4-10(17-9)8-22-19-12(21)7-20-6-5-11(18-20)13(14,15)16/h2-6H,7-8H2,1H3,(H,19,21). The number of carbonyl (C=O) groups is 1. The first-order chi connectivity index (χ1) is 10.3. The van der Waals surface area contributed by atoms with E-state index in [1.165, 1.54) is 0 Å². The Hall–Kier alpha value is -2.42. The summed E-state index contributed by atoms with van der Waals surface area (Å²) in [4.78, 5) is 20.7. The Kier molecular flexibility index (Phi) is 4.76. The Morgan fingerprint density at radius 2 is 2.14 bits per heavy atom. The lowest BCUT2D eigenvalue weighted by molar-refractivity contribution is -0.142. The molecule has 22 heavy (non-hydrogen) atoms. The molecular formula is C13H13F3N4O2. The molecule has 2 aromatic heterocycles. The molecule has 2 aromatic rings. The summed E-state index contributed by atoms with van der Waals surface area (Å²) < 4.78 is 37.9. The van der Waals surface area contributed by atoms with E-state index < -0.39 is 17.8 Å². The average molecular weight is 314 g/mol. The van der Waals surface area contributed by atoms with E-state index in [0.717, 1.165) is 22.6 Å². The van der Waals surface area contributed by atoms with E-state index in [0.29, 0.717) is 5.69 Å². The highest BCUT2D eigenvalue weighted by molar-refractivity contribution is 5.74. The van der Waals surface area contributed by atoms with Crippen LogP contribution in [0.25, 0.3) is 0 Å². The molecule has 1 N–H and O–H groups in total. The largest absolute Gasteiger partial charge is 0.435 e. The molecular weight excluding hydrogens is 301 g/mol. The van der Waals surface area contributed by atoms with Gasteiger partial charge in [0.05, 0.1) is 5.69 Å². The second-order valence-electron chi connectivity index (χ2n) is 4.48. The maximum absolute atomic E-state index is 12.4. The maximum atomic E-state index is 12.4. The number of alkyl halides is 3. The highest BCUT2D eigenvalue weighted by Crippen LogP contribution is 2.27. The van der Waals surface area contributed by atoms with Crippen LogP contribution < -0.4 is 5.48 Å². The fraction of sp³-hybridized carbons (Fsp3) is 0.308. The Labute approximate surface area is 123 Å². The number of pyridine rings is 1. The van der Waals surface area contributed by atoms with Gasteiger partial charge in [-0.3, -0.25) is 19.3 Å². The lowest BCUT2D eigenvalue weighted by Crippen LogP contribution is -2.28. The molecule has 0 aliphatic rings. The number of rotatable bonds is 5. The van der Waals surface area contributed by atoms with E-state index in [-0.39, 0.29) is 13.2 Å². The van der Waals surface area contributed by atoms with Crippen LogP contribution in [0.15, 0.2) is 30.5 Å². The number of nitrogens with one attached hydrogen (secondary N) is 1. The molecule has 0 bridgehead atoms. The van der Waals surface area contributed by atoms with Crippen LogP contribution in [0, 0.1) is 6.92 Å². The highest BCUT2D eigenvalue weighted by atomic mass is 19.4. The molecule has 2 heterocycles. The van der Waals surface area contributed by atoms with Crippen molar-refractivity contribution < 1.29 is 22.8 Å². The molecule has 9 heteroatoms. The third kappa shape index (κ3) is 4.55. The Morgan fingerprint density at radius 3 is 2.77 bits per heavy atom. The van der Waals surface area contributed by atoms with Crippen molar-refractivity contribution in [3.8, 4) is 0 Å². The van der Waals surface area contributed by atoms with Gasteiger partial charge < -0.3 is 0 Å². The fourth-order valence-corrected chi connectivity index (χ4v) is 1.65. The molecule has 0 aliphatic heterocycles. The minimum Gasteiger partial charge on any atom is -0.271 e. The van der Waals surface area contributed by atoms with Crippen LogP contribution in [0.3, 0.4) is 0 Å². The number of aryl methyl sites for hydroxylation is 1. The summed E-state index contributed by atoms with van der Waals surface area (Å²) in [5.74, 6) is -0.621. The molecule has 118 valence electrons. The van der Waals surface area contributed by atoms with Crippen molar-refractivity contribution in [3.63, 3.8) is 0 Å². The van der Waals surface area contributed by atoms with Crippen molar-refractivity contribution in [2.24, 2.45) is 0 Å². The number of hydrogen-bond donors (Lipinski definition) is 1. The molecule has 0 saturated carbocycles. The monoisotopic (exact) mass is 314 g/mol. The summed E-state index contributed by atoms with van der Waals surface area (Å²) >= 11 is 0. The number of hydrogen-bond acceptors (Lipinski definition) is 4. The number of nitrogens with zero attached hydrogens (tertiary/aromatic N) is 3. The quantitative estimate of drug-likeness (QED) is 0.855. The van der Waals surface area contributed by atoms with Gasteiger partial charge in [0, 0.05) is 11.9 Å². The molecule has 0 saturated heterocycles. The van der Waals surface area contributed by atoms with Crippen LogP contribution in [-0.2, 0) is 29.0 Å². The topological polar surface area (TPSA) is 69.0 Å². The zero-order valence-corrected chi connectivity index (χ0v) is 11.6. The van der Waals surface area contributed by atoms with Crippen molar-refractivity contribution >= 4 is 5.91 Å². The molecule has 0 radical (unpaired) electrons. The molecule has 0 aliphatic carbocycles. The van der Waals surface area contributed by atoms with Gasteiger partial charge in [0.25, 0.3) is 5.91 Å². The molecule has 2 rings (SSSR count). The van der Waals surface area contributed by atoms with E-state index in [9.17, 15) is 18.0 Å². The van der Waals surface area contributed by atoms with Crippen molar-refractivity contribution in [1.29, 1.82) is 0 Å². The molecule has 0 unspecified atom stereocenters. The molecule has 0 atom stereocenters. The molecule has 0 spiro atoms. The van der Waals surface area contributed by atoms with Gasteiger partial charge in [0.15, 0.2) is 5.69 Å². The number of amides is 1. The third-order valence-electron chi connectivity index (χ3n) is 2.59. The third-order valence-corrected chi connectivity index (χ3v) is 2.59. The first-order valence-electron chi connectivity index (χ1n) is 6.28. The Balaban J connectivity index is 1.80. The number of aromatic nitrogens is 3. The second kappa shape index (κ2) is 6.56. The second-order valence-corrected chi connectivity index (χ2v) is 4.48. The smallest absolute Gasteiger partial charge is 0.271 e. The van der Waals surface area contributed by atoms with Gasteiger partial charge in [0.1, 0.15) is 13.2 Å². The van der Waals surface area contributed by atoms with Crippen molar-refractivity contribution in [3.05, 3.63) is 47.5 Å². The van der Waals surface area contributed by atoms with Gasteiger partial charge in [-0.15, -0.1) is 0 Å². The van der Waals surface area contributed by atoms with Crippen molar-refractivity contribution in [2.75, 3.05) is 0 Å². The van der Waals surface area contributed by atoms with E-state index in [1.54, 1.807) is 12.1 Å². The summed E-state index contributed by atoms with van der Waals surface area (Å²) in [5, 5.41) is 3.26. The predicted octanol–water partition coefficient (Wildman–Crippen LogP) is 1.85. The van der Waals surface area contributed by atoms with E-state index in [1.807, 2.05) is 13.0 Å². The SMILES string of the molecule is Cc1cccc(CONC(=O)Cn2ccc(C(F)(F)F)n2)n1. The minimum atomic E-state index is -4.53. The minimum absolute atomic E-state index is 0.0559. The zero-order valence-electron chi connectivity index (χ0n) is 11.6. The fourth-order valence-electron chi connectivity index (χ4n) is 1.65. The van der Waals surface area contributed by atoms with Gasteiger partial charge in [0.2, 0.25) is 0 Å². The van der Waals surface area contributed by atoms with E-state index >= 15 is 0 Å². The summed E-state index contributed by atoms with van der Waals surface area (Å²) in [7, 11) is 0. The number of hydroxylamine groups is 1. The van der Waals surface area contributed by atoms with Crippen LogP contribution >= 0.6 is 0 Å². The van der Waals surface area contributed by atoms with Gasteiger partial charge >= 0.3 is 6.18 Å². The number of halogens is 3. The highest BCUT2D eigenvalue weighted by Gasteiger charge is 2.33. The molecule has 0 aromatic carbocycles. The van der Waals surface area contributed by atoms with Crippen LogP contribution in [0.2, 0.25) is 0 Å². The summed E-state index contributed by atoms with van der Waals surface area (Å²) in [6.07, 6.45) is -3.46. The van der Waals surface area contributed by atoms with Crippen LogP contribution in [0.1, 0.15) is 17.1 Å². The lowest BCUT2D eigenvalue weighted by atomic mass is 10.3. The summed E-state index contributed by atoms with van der Waals surface area (Å²) in [6.45, 7) is 1.50. The predicted molar refractivity (Wildman–Crippen MR) is 69.1 cm³/mol. The lowest BCUT2D eigenvalue weighted by Gasteiger charge is -2.06. The van der Waals surface area contributed by atoms with Gasteiger partial charge in [-0.1, -0.05) is 6.07 Å². The van der Waals surface area contributed by atoms with E-state index in [2.05, 4.69) is 15.6 Å². The van der Waals surface area contributed by atoms with Crippen molar-refractivity contribution in [1.82, 2.24) is 20.2 Å². The van der Waals surface area contributed by atoms with Crippen LogP contribution in [-0.4, -0.2) is 20.7 Å². The van der Waals surface area contributed by atoms with Gasteiger partial charge in [-0.05, 0) is 25.1 Å². The van der Waals surface area contributed by atoms with Gasteiger partial charge in [-0.25, -0.2) is 5.48 Å². The maximum Gasteiger partial charge on any atom is 0.435 e.